The molecule has 1 aliphatic rings. The number of carbonyl (C=O) groups is 3. The molecule has 0 bridgehead atoms. The zero-order chi connectivity index (χ0) is 32.9. The predicted molar refractivity (Wildman–Crippen MR) is 174 cm³/mol. The van der Waals surface area contributed by atoms with Gasteiger partial charge in [-0.15, -0.1) is 0 Å². The Hall–Kier alpha value is -3.88. The van der Waals surface area contributed by atoms with Crippen molar-refractivity contribution in [3.63, 3.8) is 0 Å². The van der Waals surface area contributed by atoms with Crippen LogP contribution in [0.3, 0.4) is 0 Å². The molecule has 0 radical (unpaired) electrons. The lowest BCUT2D eigenvalue weighted by molar-refractivity contribution is -0.155. The number of anilines is 1. The van der Waals surface area contributed by atoms with Crippen molar-refractivity contribution in [1.29, 1.82) is 0 Å². The van der Waals surface area contributed by atoms with Crippen molar-refractivity contribution < 1.29 is 27.5 Å². The molecule has 240 valence electrons. The number of H-pyrrole nitrogens is 1. The van der Waals surface area contributed by atoms with Gasteiger partial charge in [-0.1, -0.05) is 56.1 Å². The Bertz CT molecular complexity index is 1710. The number of halogens is 1. The van der Waals surface area contributed by atoms with Crippen molar-refractivity contribution in [2.45, 2.75) is 70.9 Å². The highest BCUT2D eigenvalue weighted by Gasteiger charge is 2.61. The summed E-state index contributed by atoms with van der Waals surface area (Å²) in [5.74, 6) is -2.95. The normalized spacial score (nSPS) is 21.3. The lowest BCUT2D eigenvalue weighted by Gasteiger charge is -2.53. The minimum Gasteiger partial charge on any atom is -0.421 e. The molecule has 1 saturated heterocycles. The molecular formula is C31H37BrN6O6S. The van der Waals surface area contributed by atoms with E-state index in [0.29, 0.717) is 34.3 Å². The van der Waals surface area contributed by atoms with Crippen molar-refractivity contribution in [3.05, 3.63) is 59.2 Å². The average Bonchev–Trinajstić information content (AvgIpc) is 3.58. The lowest BCUT2D eigenvalue weighted by atomic mass is 9.65. The molecule has 14 heteroatoms. The fourth-order valence-electron chi connectivity index (χ4n) is 5.85. The van der Waals surface area contributed by atoms with Crippen LogP contribution in [-0.4, -0.2) is 63.1 Å². The number of nitrogens with one attached hydrogen (secondary N) is 2. The molecule has 1 fully saturated rings. The Morgan fingerprint density at radius 3 is 2.56 bits per heavy atom. The maximum Gasteiger partial charge on any atom is 0.358 e. The van der Waals surface area contributed by atoms with E-state index >= 15 is 0 Å². The van der Waals surface area contributed by atoms with Crippen LogP contribution < -0.4 is 15.8 Å². The molecule has 45 heavy (non-hydrogen) atoms. The van der Waals surface area contributed by atoms with Crippen LogP contribution >= 0.6 is 15.9 Å². The number of rotatable bonds is 10. The molecule has 2 aromatic heterocycles. The Balaban J connectivity index is 1.92. The van der Waals surface area contributed by atoms with Crippen molar-refractivity contribution in [2.75, 3.05) is 11.9 Å². The third-order valence-electron chi connectivity index (χ3n) is 8.23. The number of imidazole rings is 1. The number of amides is 2. The summed E-state index contributed by atoms with van der Waals surface area (Å²) in [4.78, 5) is 53.2. The number of carbonyl (C=O) groups excluding carboxylic acids is 3. The number of pyridine rings is 1. The minimum absolute atomic E-state index is 0.0376. The number of ether oxygens (including phenoxy) is 1. The molecule has 12 nitrogen and oxygen atoms in total. The second kappa shape index (κ2) is 14.0. The first-order valence-electron chi connectivity index (χ1n) is 14.7. The molecule has 3 atom stereocenters. The Morgan fingerprint density at radius 2 is 1.98 bits per heavy atom. The van der Waals surface area contributed by atoms with E-state index in [0.717, 1.165) is 4.90 Å². The number of nitrogens with zero attached hydrogens (tertiary/aromatic N) is 3. The second-order valence-electron chi connectivity index (χ2n) is 11.1. The number of benzene rings is 1. The average molecular weight is 702 g/mol. The van der Waals surface area contributed by atoms with Gasteiger partial charge in [0.2, 0.25) is 27.8 Å². The SMILES string of the molecule is CCCCC(=O)N1CC(C)(c2cnc[nH]2)C(CC)C(=S(=O)=O)C1(N)C(=O)Oc1cc(Br)cc(-c2ccccn2)c1NC(=O)CC. The molecule has 1 aromatic carbocycles. The number of aromatic nitrogens is 3. The van der Waals surface area contributed by atoms with E-state index in [1.807, 2.05) is 13.8 Å². The second-order valence-corrected chi connectivity index (χ2v) is 12.9. The summed E-state index contributed by atoms with van der Waals surface area (Å²) in [5.41, 5.74) is 5.07. The van der Waals surface area contributed by atoms with Crippen LogP contribution in [0.15, 0.2) is 53.5 Å². The fourth-order valence-corrected chi connectivity index (χ4v) is 7.39. The maximum absolute atomic E-state index is 14.4. The number of unbranched alkanes of at least 4 members (excludes halogenated alkanes) is 1. The van der Waals surface area contributed by atoms with E-state index < -0.39 is 39.2 Å². The van der Waals surface area contributed by atoms with Crippen molar-refractivity contribution >= 4 is 54.6 Å². The van der Waals surface area contributed by atoms with Gasteiger partial charge in [0.05, 0.1) is 17.7 Å². The monoisotopic (exact) mass is 700 g/mol. The standard InChI is InChI=1S/C31H37BrN6O6S/c1-5-8-12-26(40)38-17-30(4,24-16-34-18-36-24)21(6-2)28(45(42)43)31(38,33)29(41)44-23-15-19(32)14-20(22-11-9-10-13-35-22)27(23)37-25(39)7-3/h9-11,13-16,18,21H,5-8,12,17,33H2,1-4H3,(H,34,36)(H,37,39). The van der Waals surface area contributed by atoms with Gasteiger partial charge >= 0.3 is 5.97 Å². The first-order valence-corrected chi connectivity index (χ1v) is 16.6. The van der Waals surface area contributed by atoms with Crippen LogP contribution in [0.1, 0.15) is 65.5 Å². The highest BCUT2D eigenvalue weighted by molar-refractivity contribution is 9.10. The van der Waals surface area contributed by atoms with Gasteiger partial charge in [0, 0.05) is 58.8 Å². The quantitative estimate of drug-likeness (QED) is 0.159. The van der Waals surface area contributed by atoms with Crippen molar-refractivity contribution in [1.82, 2.24) is 19.9 Å². The molecular weight excluding hydrogens is 664 g/mol. The van der Waals surface area contributed by atoms with Gasteiger partial charge in [-0.2, -0.15) is 8.42 Å². The summed E-state index contributed by atoms with van der Waals surface area (Å²) < 4.78 is 32.7. The largest absolute Gasteiger partial charge is 0.421 e. The summed E-state index contributed by atoms with van der Waals surface area (Å²) in [7, 11) is -3.01. The topological polar surface area (TPSA) is 177 Å². The Kier molecular flexibility index (Phi) is 10.6. The highest BCUT2D eigenvalue weighted by atomic mass is 79.9. The van der Waals surface area contributed by atoms with Gasteiger partial charge in [-0.05, 0) is 37.1 Å². The molecule has 0 saturated carbocycles. The van der Waals surface area contributed by atoms with E-state index in [-0.39, 0.29) is 48.0 Å². The zero-order valence-corrected chi connectivity index (χ0v) is 28.0. The Morgan fingerprint density at radius 1 is 1.22 bits per heavy atom. The highest BCUT2D eigenvalue weighted by Crippen LogP contribution is 2.44. The van der Waals surface area contributed by atoms with E-state index in [4.69, 9.17) is 10.5 Å². The van der Waals surface area contributed by atoms with Crippen LogP contribution in [0.2, 0.25) is 0 Å². The maximum atomic E-state index is 14.4. The number of nitrogens with two attached hydrogens (primary N) is 1. The third-order valence-corrected chi connectivity index (χ3v) is 9.64. The van der Waals surface area contributed by atoms with Gasteiger partial charge in [-0.3, -0.25) is 20.3 Å². The minimum atomic E-state index is -3.01. The third kappa shape index (κ3) is 6.58. The van der Waals surface area contributed by atoms with Crippen LogP contribution in [0.25, 0.3) is 11.3 Å². The lowest BCUT2D eigenvalue weighted by Crippen LogP contribution is -2.77. The fraction of sp³-hybridized carbons (Fsp3) is 0.419. The van der Waals surface area contributed by atoms with Gasteiger partial charge < -0.3 is 19.9 Å². The number of esters is 1. The van der Waals surface area contributed by atoms with E-state index in [1.165, 1.54) is 12.4 Å². The smallest absolute Gasteiger partial charge is 0.358 e. The Labute approximate surface area is 271 Å². The number of hydrogen-bond acceptors (Lipinski definition) is 9. The molecule has 1 aliphatic heterocycles. The predicted octanol–water partition coefficient (Wildman–Crippen LogP) is 4.21. The number of aromatic amines is 1. The van der Waals surface area contributed by atoms with Crippen LogP contribution in [-0.2, 0) is 30.1 Å². The molecule has 4 rings (SSSR count). The van der Waals surface area contributed by atoms with Gasteiger partial charge in [-0.25, -0.2) is 9.78 Å². The number of piperidine rings is 1. The molecule has 0 spiro atoms. The van der Waals surface area contributed by atoms with Gasteiger partial charge in [0.1, 0.15) is 4.86 Å². The van der Waals surface area contributed by atoms with Gasteiger partial charge in [0.15, 0.2) is 5.75 Å². The van der Waals surface area contributed by atoms with E-state index in [1.54, 1.807) is 50.5 Å². The summed E-state index contributed by atoms with van der Waals surface area (Å²) in [6.45, 7) is 7.11. The van der Waals surface area contributed by atoms with E-state index in [9.17, 15) is 22.8 Å². The summed E-state index contributed by atoms with van der Waals surface area (Å²) in [6, 6.07) is 8.40. The molecule has 2 amide bonds. The van der Waals surface area contributed by atoms with Crippen LogP contribution in [0.4, 0.5) is 5.69 Å². The first-order chi connectivity index (χ1) is 21.4. The summed E-state index contributed by atoms with van der Waals surface area (Å²) in [5, 5.41) is 2.78. The van der Waals surface area contributed by atoms with Crippen LogP contribution in [0.5, 0.6) is 5.75 Å². The van der Waals surface area contributed by atoms with Crippen LogP contribution in [0, 0.1) is 5.92 Å². The van der Waals surface area contributed by atoms with Crippen molar-refractivity contribution in [3.8, 4) is 17.0 Å². The first kappa shape index (κ1) is 34.0. The molecule has 3 aromatic rings. The molecule has 3 unspecified atom stereocenters. The van der Waals surface area contributed by atoms with Gasteiger partial charge in [0.25, 0.3) is 0 Å². The number of hydrogen-bond donors (Lipinski definition) is 3. The summed E-state index contributed by atoms with van der Waals surface area (Å²) in [6.07, 6.45) is 6.27. The van der Waals surface area contributed by atoms with Crippen molar-refractivity contribution in [2.24, 2.45) is 11.7 Å². The number of likely N-dealkylation sites (tertiary alicyclic amines) is 1. The summed E-state index contributed by atoms with van der Waals surface area (Å²) >= 11 is 3.44. The zero-order valence-electron chi connectivity index (χ0n) is 25.6. The molecule has 0 aliphatic carbocycles. The molecule has 3 heterocycles. The van der Waals surface area contributed by atoms with E-state index in [2.05, 4.69) is 36.2 Å². The molecule has 4 N–H and O–H groups in total.